The Balaban J connectivity index is 2.03. The van der Waals surface area contributed by atoms with Gasteiger partial charge in [-0.05, 0) is 40.1 Å². The molecule has 0 spiro atoms. The lowest BCUT2D eigenvalue weighted by Gasteiger charge is -2.22. The Morgan fingerprint density at radius 2 is 2.04 bits per heavy atom. The topological polar surface area (TPSA) is 78.7 Å². The maximum Gasteiger partial charge on any atom is 0.290 e. The van der Waals surface area contributed by atoms with Crippen LogP contribution in [0.15, 0.2) is 22.8 Å². The van der Waals surface area contributed by atoms with Gasteiger partial charge in [0.2, 0.25) is 5.91 Å². The number of aryl methyl sites for hydroxylation is 2. The Labute approximate surface area is 145 Å². The second kappa shape index (κ2) is 8.07. The number of nitrogens with one attached hydrogen (secondary N) is 1. The second-order valence-corrected chi connectivity index (χ2v) is 6.92. The summed E-state index contributed by atoms with van der Waals surface area (Å²) in [5.41, 5.74) is 0.895. The number of hydrogen-bond acceptors (Lipinski definition) is 6. The zero-order valence-electron chi connectivity index (χ0n) is 14.3. The molecule has 7 nitrogen and oxygen atoms in total. The number of anilines is 1. The summed E-state index contributed by atoms with van der Waals surface area (Å²) in [6, 6.07) is 3.25. The van der Waals surface area contributed by atoms with E-state index in [-0.39, 0.29) is 24.1 Å². The van der Waals surface area contributed by atoms with Crippen LogP contribution in [0.4, 0.5) is 5.13 Å². The highest BCUT2D eigenvalue weighted by Gasteiger charge is 2.21. The van der Waals surface area contributed by atoms with Crippen LogP contribution in [0.2, 0.25) is 0 Å². The van der Waals surface area contributed by atoms with Crippen LogP contribution in [0.25, 0.3) is 0 Å². The zero-order chi connectivity index (χ0) is 17.7. The lowest BCUT2D eigenvalue weighted by molar-refractivity contribution is -0.116. The molecule has 2 amide bonds. The van der Waals surface area contributed by atoms with Crippen molar-refractivity contribution < 1.29 is 14.0 Å². The molecule has 2 aromatic rings. The Morgan fingerprint density at radius 3 is 2.58 bits per heavy atom. The molecule has 0 radical (unpaired) electrons. The van der Waals surface area contributed by atoms with E-state index < -0.39 is 0 Å². The monoisotopic (exact) mass is 350 g/mol. The number of hydrogen-bond donors (Lipinski definition) is 1. The third-order valence-electron chi connectivity index (χ3n) is 3.45. The fourth-order valence-corrected chi connectivity index (χ4v) is 2.82. The Bertz CT molecular complexity index is 675. The number of amides is 2. The number of thiazole rings is 1. The van der Waals surface area contributed by atoms with Gasteiger partial charge in [0.15, 0.2) is 10.9 Å². The number of carbonyl (C=O) groups excluding carboxylic acids is 2. The van der Waals surface area contributed by atoms with Gasteiger partial charge in [0.1, 0.15) is 6.54 Å². The minimum absolute atomic E-state index is 0.0505. The van der Waals surface area contributed by atoms with Crippen molar-refractivity contribution in [2.45, 2.75) is 13.8 Å². The van der Waals surface area contributed by atoms with Crippen molar-refractivity contribution in [3.8, 4) is 0 Å². The lowest BCUT2D eigenvalue weighted by atomic mass is 10.3. The van der Waals surface area contributed by atoms with Crippen LogP contribution >= 0.6 is 11.3 Å². The number of furan rings is 1. The molecule has 0 aromatic carbocycles. The van der Waals surface area contributed by atoms with Crippen LogP contribution in [-0.4, -0.2) is 60.3 Å². The van der Waals surface area contributed by atoms with Crippen molar-refractivity contribution in [1.82, 2.24) is 14.8 Å². The molecule has 0 aliphatic heterocycles. The first kappa shape index (κ1) is 18.2. The number of likely N-dealkylation sites (N-methyl/N-ethyl adjacent to an activating group) is 1. The third-order valence-corrected chi connectivity index (χ3v) is 4.43. The number of nitrogens with zero attached hydrogens (tertiary/aromatic N) is 3. The van der Waals surface area contributed by atoms with Gasteiger partial charge in [0, 0.05) is 18.0 Å². The van der Waals surface area contributed by atoms with Crippen LogP contribution in [0.3, 0.4) is 0 Å². The number of rotatable bonds is 7. The van der Waals surface area contributed by atoms with Crippen LogP contribution < -0.4 is 5.32 Å². The average molecular weight is 350 g/mol. The van der Waals surface area contributed by atoms with Gasteiger partial charge in [-0.3, -0.25) is 9.59 Å². The largest absolute Gasteiger partial charge is 0.459 e. The first-order valence-corrected chi connectivity index (χ1v) is 8.40. The Hall–Kier alpha value is -2.19. The van der Waals surface area contributed by atoms with Gasteiger partial charge in [-0.2, -0.15) is 0 Å². The van der Waals surface area contributed by atoms with E-state index in [1.165, 1.54) is 22.5 Å². The van der Waals surface area contributed by atoms with Gasteiger partial charge < -0.3 is 19.5 Å². The highest BCUT2D eigenvalue weighted by atomic mass is 32.1. The molecular weight excluding hydrogens is 328 g/mol. The van der Waals surface area contributed by atoms with Crippen LogP contribution in [-0.2, 0) is 4.79 Å². The van der Waals surface area contributed by atoms with Gasteiger partial charge in [0.05, 0.1) is 12.0 Å². The van der Waals surface area contributed by atoms with E-state index >= 15 is 0 Å². The van der Waals surface area contributed by atoms with E-state index in [2.05, 4.69) is 10.3 Å². The molecule has 0 atom stereocenters. The van der Waals surface area contributed by atoms with Crippen molar-refractivity contribution in [3.05, 3.63) is 34.7 Å². The van der Waals surface area contributed by atoms with Crippen molar-refractivity contribution in [2.24, 2.45) is 0 Å². The number of carbonyl (C=O) groups is 2. The maximum atomic E-state index is 12.5. The van der Waals surface area contributed by atoms with E-state index in [4.69, 9.17) is 4.42 Å². The molecule has 2 heterocycles. The summed E-state index contributed by atoms with van der Waals surface area (Å²) in [4.78, 5) is 33.5. The van der Waals surface area contributed by atoms with Gasteiger partial charge in [-0.1, -0.05) is 0 Å². The predicted molar refractivity (Wildman–Crippen MR) is 93.4 cm³/mol. The normalized spacial score (nSPS) is 10.9. The summed E-state index contributed by atoms with van der Waals surface area (Å²) in [6.07, 6.45) is 1.44. The van der Waals surface area contributed by atoms with E-state index in [9.17, 15) is 9.59 Å². The van der Waals surface area contributed by atoms with Crippen molar-refractivity contribution in [2.75, 3.05) is 39.0 Å². The lowest BCUT2D eigenvalue weighted by Crippen LogP contribution is -2.41. The van der Waals surface area contributed by atoms with E-state index in [0.29, 0.717) is 18.2 Å². The quantitative estimate of drug-likeness (QED) is 0.826. The maximum absolute atomic E-state index is 12.5. The molecule has 0 aliphatic carbocycles. The zero-order valence-corrected chi connectivity index (χ0v) is 15.1. The summed E-state index contributed by atoms with van der Waals surface area (Å²) >= 11 is 1.42. The fraction of sp³-hybridized carbons (Fsp3) is 0.438. The highest BCUT2D eigenvalue weighted by molar-refractivity contribution is 7.15. The van der Waals surface area contributed by atoms with Crippen molar-refractivity contribution in [3.63, 3.8) is 0 Å². The van der Waals surface area contributed by atoms with Crippen molar-refractivity contribution in [1.29, 1.82) is 0 Å². The molecule has 0 saturated carbocycles. The standard InChI is InChI=1S/C16H22N4O3S/c1-11-12(2)24-16(17-11)18-14(21)10-20(8-7-19(3)4)15(22)13-6-5-9-23-13/h5-6,9H,7-8,10H2,1-4H3,(H,17,18,21). The summed E-state index contributed by atoms with van der Waals surface area (Å²) in [5.74, 6) is -0.353. The van der Waals surface area contributed by atoms with E-state index in [1.54, 1.807) is 12.1 Å². The molecule has 130 valence electrons. The first-order chi connectivity index (χ1) is 11.4. The van der Waals surface area contributed by atoms with Crippen LogP contribution in [0.5, 0.6) is 0 Å². The molecular formula is C16H22N4O3S. The smallest absolute Gasteiger partial charge is 0.290 e. The molecule has 1 N–H and O–H groups in total. The molecule has 0 saturated heterocycles. The molecule has 2 rings (SSSR count). The third kappa shape index (κ3) is 4.90. The molecule has 0 fully saturated rings. The SMILES string of the molecule is Cc1nc(NC(=O)CN(CCN(C)C)C(=O)c2ccco2)sc1C. The summed E-state index contributed by atoms with van der Waals surface area (Å²) in [6.45, 7) is 4.87. The van der Waals surface area contributed by atoms with Crippen LogP contribution in [0, 0.1) is 13.8 Å². The predicted octanol–water partition coefficient (Wildman–Crippen LogP) is 2.00. The summed E-state index contributed by atoms with van der Waals surface area (Å²) < 4.78 is 5.16. The molecule has 0 bridgehead atoms. The number of aromatic nitrogens is 1. The minimum Gasteiger partial charge on any atom is -0.459 e. The average Bonchev–Trinajstić information content (AvgIpc) is 3.13. The second-order valence-electron chi connectivity index (χ2n) is 5.72. The highest BCUT2D eigenvalue weighted by Crippen LogP contribution is 2.21. The van der Waals surface area contributed by atoms with Crippen molar-refractivity contribution >= 4 is 28.3 Å². The van der Waals surface area contributed by atoms with Gasteiger partial charge in [-0.25, -0.2) is 4.98 Å². The molecule has 24 heavy (non-hydrogen) atoms. The van der Waals surface area contributed by atoms with E-state index in [1.807, 2.05) is 32.8 Å². The first-order valence-electron chi connectivity index (χ1n) is 7.58. The van der Waals surface area contributed by atoms with Gasteiger partial charge >= 0.3 is 0 Å². The molecule has 0 aliphatic rings. The molecule has 0 unspecified atom stereocenters. The molecule has 2 aromatic heterocycles. The molecule has 8 heteroatoms. The summed E-state index contributed by atoms with van der Waals surface area (Å²) in [5, 5.41) is 3.30. The summed E-state index contributed by atoms with van der Waals surface area (Å²) in [7, 11) is 3.83. The Morgan fingerprint density at radius 1 is 1.29 bits per heavy atom. The Kier molecular flexibility index (Phi) is 6.10. The fourth-order valence-electron chi connectivity index (χ4n) is 1.99. The minimum atomic E-state index is -0.302. The van der Waals surface area contributed by atoms with Gasteiger partial charge in [-0.15, -0.1) is 11.3 Å². The van der Waals surface area contributed by atoms with Crippen LogP contribution in [0.1, 0.15) is 21.1 Å². The van der Waals surface area contributed by atoms with E-state index in [0.717, 1.165) is 10.6 Å². The van der Waals surface area contributed by atoms with Gasteiger partial charge in [0.25, 0.3) is 5.91 Å².